The standard InChI is InChI=1S/C18H23N/c1-4-18(5-2,16-12-9-8-11-15(16)3)17-13-7-6-10-14-19-17/h6-14,19H,4-5H2,1-3H3. The van der Waals surface area contributed by atoms with Crippen LogP contribution in [0.5, 0.6) is 0 Å². The van der Waals surface area contributed by atoms with Gasteiger partial charge in [0.05, 0.1) is 0 Å². The van der Waals surface area contributed by atoms with Gasteiger partial charge in [0.2, 0.25) is 0 Å². The van der Waals surface area contributed by atoms with E-state index in [0.29, 0.717) is 0 Å². The van der Waals surface area contributed by atoms with Gasteiger partial charge in [-0.1, -0.05) is 50.3 Å². The van der Waals surface area contributed by atoms with Crippen LogP contribution < -0.4 is 5.32 Å². The van der Waals surface area contributed by atoms with E-state index in [1.807, 2.05) is 12.3 Å². The van der Waals surface area contributed by atoms with Crippen molar-refractivity contribution in [2.24, 2.45) is 0 Å². The van der Waals surface area contributed by atoms with Crippen LogP contribution >= 0.6 is 0 Å². The number of nitrogens with one attached hydrogen (secondary N) is 1. The van der Waals surface area contributed by atoms with Gasteiger partial charge in [-0.3, -0.25) is 0 Å². The summed E-state index contributed by atoms with van der Waals surface area (Å²) in [6.45, 7) is 6.76. The quantitative estimate of drug-likeness (QED) is 0.826. The summed E-state index contributed by atoms with van der Waals surface area (Å²) in [5.41, 5.74) is 4.16. The largest absolute Gasteiger partial charge is 0.364 e. The van der Waals surface area contributed by atoms with Crippen LogP contribution in [0.15, 0.2) is 60.5 Å². The van der Waals surface area contributed by atoms with Crippen molar-refractivity contribution in [3.8, 4) is 0 Å². The van der Waals surface area contributed by atoms with Crippen molar-refractivity contribution in [3.63, 3.8) is 0 Å². The zero-order chi connectivity index (χ0) is 13.7. The third-order valence-corrected chi connectivity index (χ3v) is 4.20. The highest BCUT2D eigenvalue weighted by Gasteiger charge is 2.33. The molecule has 1 nitrogen and oxygen atoms in total. The summed E-state index contributed by atoms with van der Waals surface area (Å²) in [7, 11) is 0. The summed E-state index contributed by atoms with van der Waals surface area (Å²) in [6.07, 6.45) is 12.6. The molecule has 0 aliphatic carbocycles. The Labute approximate surface area is 116 Å². The van der Waals surface area contributed by atoms with Gasteiger partial charge in [0.25, 0.3) is 0 Å². The number of allylic oxidation sites excluding steroid dienone is 5. The fraction of sp³-hybridized carbons (Fsp3) is 0.333. The van der Waals surface area contributed by atoms with E-state index >= 15 is 0 Å². The average Bonchev–Trinajstić information content (AvgIpc) is 2.72. The summed E-state index contributed by atoms with van der Waals surface area (Å²) < 4.78 is 0. The Morgan fingerprint density at radius 2 is 1.74 bits per heavy atom. The summed E-state index contributed by atoms with van der Waals surface area (Å²) in [5, 5.41) is 3.47. The Kier molecular flexibility index (Phi) is 4.26. The van der Waals surface area contributed by atoms with E-state index in [9.17, 15) is 0 Å². The molecule has 100 valence electrons. The molecule has 19 heavy (non-hydrogen) atoms. The zero-order valence-electron chi connectivity index (χ0n) is 12.1. The molecule has 1 aliphatic rings. The van der Waals surface area contributed by atoms with Crippen LogP contribution in [0.3, 0.4) is 0 Å². The Bertz CT molecular complexity index is 516. The third kappa shape index (κ3) is 2.51. The molecule has 1 aliphatic heterocycles. The Balaban J connectivity index is 2.55. The van der Waals surface area contributed by atoms with Gasteiger partial charge in [-0.2, -0.15) is 0 Å². The molecule has 0 unspecified atom stereocenters. The van der Waals surface area contributed by atoms with Gasteiger partial charge >= 0.3 is 0 Å². The Morgan fingerprint density at radius 3 is 2.42 bits per heavy atom. The second kappa shape index (κ2) is 5.92. The maximum Gasteiger partial charge on any atom is 0.0350 e. The molecule has 1 aromatic rings. The highest BCUT2D eigenvalue weighted by atomic mass is 14.9. The number of hydrogen-bond acceptors (Lipinski definition) is 1. The van der Waals surface area contributed by atoms with Gasteiger partial charge < -0.3 is 5.32 Å². The Hall–Kier alpha value is -1.76. The van der Waals surface area contributed by atoms with Crippen molar-refractivity contribution >= 4 is 0 Å². The topological polar surface area (TPSA) is 12.0 Å². The first-order chi connectivity index (χ1) is 9.24. The summed E-state index contributed by atoms with van der Waals surface area (Å²) in [6, 6.07) is 8.73. The van der Waals surface area contributed by atoms with Crippen molar-refractivity contribution in [1.29, 1.82) is 0 Å². The molecule has 1 heteroatoms. The highest BCUT2D eigenvalue weighted by molar-refractivity contribution is 5.43. The molecular weight excluding hydrogens is 230 g/mol. The number of rotatable bonds is 4. The van der Waals surface area contributed by atoms with Gasteiger partial charge in [0.15, 0.2) is 0 Å². The van der Waals surface area contributed by atoms with Crippen molar-refractivity contribution in [1.82, 2.24) is 5.32 Å². The monoisotopic (exact) mass is 253 g/mol. The van der Waals surface area contributed by atoms with Crippen molar-refractivity contribution in [2.75, 3.05) is 0 Å². The fourth-order valence-electron chi connectivity index (χ4n) is 3.02. The maximum atomic E-state index is 3.47. The summed E-state index contributed by atoms with van der Waals surface area (Å²) in [4.78, 5) is 0. The number of hydrogen-bond donors (Lipinski definition) is 1. The Morgan fingerprint density at radius 1 is 1.00 bits per heavy atom. The van der Waals surface area contributed by atoms with Gasteiger partial charge in [-0.15, -0.1) is 0 Å². The van der Waals surface area contributed by atoms with Crippen molar-refractivity contribution in [2.45, 2.75) is 39.0 Å². The van der Waals surface area contributed by atoms with Crippen LogP contribution in [0.25, 0.3) is 0 Å². The second-order valence-electron chi connectivity index (χ2n) is 5.07. The molecule has 0 amide bonds. The molecule has 0 radical (unpaired) electrons. The maximum absolute atomic E-state index is 3.47. The molecule has 0 aromatic heterocycles. The van der Waals surface area contributed by atoms with E-state index in [2.05, 4.69) is 68.6 Å². The fourth-order valence-corrected chi connectivity index (χ4v) is 3.02. The predicted octanol–water partition coefficient (Wildman–Crippen LogP) is 4.61. The molecule has 1 aromatic carbocycles. The normalized spacial score (nSPS) is 14.8. The smallest absolute Gasteiger partial charge is 0.0350 e. The minimum atomic E-state index is 0.0738. The lowest BCUT2D eigenvalue weighted by Gasteiger charge is -2.36. The molecule has 0 fully saturated rings. The molecular formula is C18H23N. The highest BCUT2D eigenvalue weighted by Crippen LogP contribution is 2.39. The lowest BCUT2D eigenvalue weighted by atomic mass is 9.71. The van der Waals surface area contributed by atoms with E-state index in [1.54, 1.807) is 0 Å². The van der Waals surface area contributed by atoms with Gasteiger partial charge in [0.1, 0.15) is 0 Å². The van der Waals surface area contributed by atoms with Crippen LogP contribution in [0.4, 0.5) is 0 Å². The molecule has 0 spiro atoms. The predicted molar refractivity (Wildman–Crippen MR) is 82.9 cm³/mol. The van der Waals surface area contributed by atoms with Crippen LogP contribution in [0, 0.1) is 6.92 Å². The van der Waals surface area contributed by atoms with Gasteiger partial charge in [-0.05, 0) is 43.0 Å². The lowest BCUT2D eigenvalue weighted by Crippen LogP contribution is -2.33. The van der Waals surface area contributed by atoms with Gasteiger partial charge in [0, 0.05) is 17.3 Å². The molecule has 1 N–H and O–H groups in total. The van der Waals surface area contributed by atoms with E-state index in [1.165, 1.54) is 16.8 Å². The number of benzene rings is 1. The van der Waals surface area contributed by atoms with Crippen molar-refractivity contribution < 1.29 is 0 Å². The van der Waals surface area contributed by atoms with Crippen molar-refractivity contribution in [3.05, 3.63) is 71.6 Å². The summed E-state index contributed by atoms with van der Waals surface area (Å²) in [5.74, 6) is 0. The minimum absolute atomic E-state index is 0.0738. The molecule has 0 bridgehead atoms. The molecule has 0 saturated heterocycles. The molecule has 1 heterocycles. The van der Waals surface area contributed by atoms with E-state index < -0.39 is 0 Å². The zero-order valence-corrected chi connectivity index (χ0v) is 12.1. The van der Waals surface area contributed by atoms with E-state index in [-0.39, 0.29) is 5.41 Å². The first-order valence-corrected chi connectivity index (χ1v) is 7.11. The van der Waals surface area contributed by atoms with E-state index in [4.69, 9.17) is 0 Å². The van der Waals surface area contributed by atoms with Gasteiger partial charge in [-0.25, -0.2) is 0 Å². The number of aryl methyl sites for hydroxylation is 1. The summed E-state index contributed by atoms with van der Waals surface area (Å²) >= 11 is 0. The first-order valence-electron chi connectivity index (χ1n) is 7.11. The van der Waals surface area contributed by atoms with Crippen LogP contribution in [0.1, 0.15) is 37.8 Å². The second-order valence-corrected chi connectivity index (χ2v) is 5.07. The van der Waals surface area contributed by atoms with Crippen LogP contribution in [-0.4, -0.2) is 0 Å². The molecule has 0 atom stereocenters. The minimum Gasteiger partial charge on any atom is -0.364 e. The van der Waals surface area contributed by atoms with Crippen LogP contribution in [0.2, 0.25) is 0 Å². The first kappa shape index (κ1) is 13.7. The van der Waals surface area contributed by atoms with E-state index in [0.717, 1.165) is 12.8 Å². The average molecular weight is 253 g/mol. The lowest BCUT2D eigenvalue weighted by molar-refractivity contribution is 0.446. The van der Waals surface area contributed by atoms with Crippen LogP contribution in [-0.2, 0) is 5.41 Å². The third-order valence-electron chi connectivity index (χ3n) is 4.20. The molecule has 2 rings (SSSR count). The SMILES string of the molecule is CCC(CC)(C1=CC=CC=CN1)c1ccccc1C. The molecule has 0 saturated carbocycles.